The first kappa shape index (κ1) is 26.2. The summed E-state index contributed by atoms with van der Waals surface area (Å²) in [6.07, 6.45) is 3.73. The normalized spacial score (nSPS) is 24.8. The number of likely N-dealkylation sites (tertiary alicyclic amines) is 1. The van der Waals surface area contributed by atoms with Gasteiger partial charge in [-0.1, -0.05) is 20.8 Å². The zero-order valence-electron chi connectivity index (χ0n) is 20.9. The number of hydrogen-bond acceptors (Lipinski definition) is 9. The predicted octanol–water partition coefficient (Wildman–Crippen LogP) is 3.69. The van der Waals surface area contributed by atoms with Gasteiger partial charge in [0.15, 0.2) is 0 Å². The number of carboxylic acid groups (broad SMARTS) is 1. The molecule has 0 aromatic carbocycles. The van der Waals surface area contributed by atoms with Gasteiger partial charge in [0, 0.05) is 37.0 Å². The second-order valence-electron chi connectivity index (χ2n) is 10.2. The minimum absolute atomic E-state index is 0.0889. The lowest BCUT2D eigenvalue weighted by Crippen LogP contribution is -2.53. The van der Waals surface area contributed by atoms with E-state index >= 15 is 0 Å². The molecule has 2 aromatic rings. The zero-order chi connectivity index (χ0) is 25.9. The van der Waals surface area contributed by atoms with Crippen molar-refractivity contribution in [2.75, 3.05) is 19.8 Å². The third-order valence-electron chi connectivity index (χ3n) is 6.38. The Balaban J connectivity index is 1.39. The van der Waals surface area contributed by atoms with Crippen molar-refractivity contribution in [1.82, 2.24) is 19.9 Å². The van der Waals surface area contributed by atoms with Gasteiger partial charge in [-0.2, -0.15) is 4.21 Å². The highest BCUT2D eigenvalue weighted by molar-refractivity contribution is 7.75. The lowest BCUT2D eigenvalue weighted by molar-refractivity contribution is 0.0113. The molecule has 4 heterocycles. The maximum Gasteiger partial charge on any atom is 0.407 e. The molecule has 196 valence electrons. The third-order valence-corrected chi connectivity index (χ3v) is 7.04. The van der Waals surface area contributed by atoms with Crippen LogP contribution >= 0.6 is 0 Å². The largest absolute Gasteiger partial charge is 0.474 e. The maximum atomic E-state index is 11.7. The fourth-order valence-electron chi connectivity index (χ4n) is 4.39. The van der Waals surface area contributed by atoms with Gasteiger partial charge in [-0.25, -0.2) is 14.8 Å². The van der Waals surface area contributed by atoms with Gasteiger partial charge in [-0.15, -0.1) is 0 Å². The third kappa shape index (κ3) is 6.48. The summed E-state index contributed by atoms with van der Waals surface area (Å²) in [5.41, 5.74) is 1.28. The molecule has 2 atom stereocenters. The molecule has 2 saturated heterocycles. The highest BCUT2D eigenvalue weighted by atomic mass is 32.2. The predicted molar refractivity (Wildman–Crippen MR) is 130 cm³/mol. The van der Waals surface area contributed by atoms with Crippen LogP contribution in [0.3, 0.4) is 0 Å². The van der Waals surface area contributed by atoms with Crippen molar-refractivity contribution in [2.24, 2.45) is 11.3 Å². The molecule has 0 saturated carbocycles. The van der Waals surface area contributed by atoms with E-state index in [1.54, 1.807) is 6.20 Å². The smallest absolute Gasteiger partial charge is 0.407 e. The van der Waals surface area contributed by atoms with Gasteiger partial charge in [0.05, 0.1) is 25.0 Å². The van der Waals surface area contributed by atoms with E-state index in [0.29, 0.717) is 62.1 Å². The van der Waals surface area contributed by atoms with E-state index in [1.807, 2.05) is 39.8 Å². The van der Waals surface area contributed by atoms with E-state index in [0.717, 1.165) is 5.69 Å². The minimum atomic E-state index is -1.65. The van der Waals surface area contributed by atoms with E-state index in [9.17, 15) is 14.1 Å². The number of piperidine rings is 1. The van der Waals surface area contributed by atoms with Crippen LogP contribution in [0.1, 0.15) is 44.9 Å². The first-order chi connectivity index (χ1) is 17.1. The molecule has 0 unspecified atom stereocenters. The molecule has 2 fully saturated rings. The van der Waals surface area contributed by atoms with Gasteiger partial charge in [-0.05, 0) is 30.9 Å². The Bertz CT molecular complexity index is 1080. The lowest BCUT2D eigenvalue weighted by atomic mass is 9.80. The Kier molecular flexibility index (Phi) is 8.06. The summed E-state index contributed by atoms with van der Waals surface area (Å²) in [6.45, 7) is 9.07. The summed E-state index contributed by atoms with van der Waals surface area (Å²) >= 11 is -1.65. The quantitative estimate of drug-likeness (QED) is 0.601. The highest BCUT2D eigenvalue weighted by Gasteiger charge is 2.39. The van der Waals surface area contributed by atoms with Crippen LogP contribution < -0.4 is 9.47 Å². The number of hydrogen-bond donors (Lipinski definition) is 1. The molecule has 11 nitrogen and oxygen atoms in total. The Hall–Kier alpha value is -2.83. The van der Waals surface area contributed by atoms with Gasteiger partial charge >= 0.3 is 17.5 Å². The SMILES string of the molecule is Cc1c(Oc2ccc(CC3COS(=O)OC3)nc2)ncnc1O[C@@H]1CCN(C(=O)O)[C@@H](C(C)(C)C)C1. The van der Waals surface area contributed by atoms with Crippen molar-refractivity contribution in [3.8, 4) is 17.5 Å². The lowest BCUT2D eigenvalue weighted by Gasteiger charge is -2.44. The summed E-state index contributed by atoms with van der Waals surface area (Å²) in [5, 5.41) is 9.60. The van der Waals surface area contributed by atoms with Crippen molar-refractivity contribution >= 4 is 17.5 Å². The average molecular weight is 521 g/mol. The van der Waals surface area contributed by atoms with Gasteiger partial charge in [-0.3, -0.25) is 13.4 Å². The second kappa shape index (κ2) is 11.1. The zero-order valence-corrected chi connectivity index (χ0v) is 21.7. The fraction of sp³-hybridized carbons (Fsp3) is 0.583. The van der Waals surface area contributed by atoms with Gasteiger partial charge in [0.25, 0.3) is 0 Å². The van der Waals surface area contributed by atoms with E-state index in [1.165, 1.54) is 11.2 Å². The molecule has 4 rings (SSSR count). The van der Waals surface area contributed by atoms with Gasteiger partial charge in [0.1, 0.15) is 18.2 Å². The topological polar surface area (TPSA) is 133 Å². The van der Waals surface area contributed by atoms with Gasteiger partial charge in [0.2, 0.25) is 11.8 Å². The first-order valence-electron chi connectivity index (χ1n) is 11.9. The average Bonchev–Trinajstić information content (AvgIpc) is 2.83. The molecular formula is C24H32N4O7S. The number of rotatable bonds is 6. The summed E-state index contributed by atoms with van der Waals surface area (Å²) in [5.74, 6) is 1.39. The minimum Gasteiger partial charge on any atom is -0.474 e. The Labute approximate surface area is 213 Å². The van der Waals surface area contributed by atoms with Crippen LogP contribution in [0.4, 0.5) is 4.79 Å². The summed E-state index contributed by atoms with van der Waals surface area (Å²) in [6, 6.07) is 3.51. The number of aromatic nitrogens is 3. The molecule has 0 radical (unpaired) electrons. The van der Waals surface area contributed by atoms with Crippen LogP contribution in [0.5, 0.6) is 17.5 Å². The van der Waals surface area contributed by atoms with E-state index in [4.69, 9.17) is 17.8 Å². The molecule has 2 aromatic heterocycles. The van der Waals surface area contributed by atoms with Crippen molar-refractivity contribution in [2.45, 2.75) is 59.1 Å². The molecule has 0 spiro atoms. The number of nitrogens with zero attached hydrogens (tertiary/aromatic N) is 4. The van der Waals surface area contributed by atoms with Crippen LogP contribution in [0, 0.1) is 18.3 Å². The molecule has 0 aliphatic carbocycles. The van der Waals surface area contributed by atoms with Crippen molar-refractivity contribution < 1.29 is 31.9 Å². The number of ether oxygens (including phenoxy) is 2. The summed E-state index contributed by atoms with van der Waals surface area (Å²) < 4.78 is 33.3. The molecule has 2 aliphatic heterocycles. The van der Waals surface area contributed by atoms with Crippen molar-refractivity contribution in [3.63, 3.8) is 0 Å². The van der Waals surface area contributed by atoms with Crippen LogP contribution in [0.2, 0.25) is 0 Å². The van der Waals surface area contributed by atoms with E-state index in [2.05, 4.69) is 15.0 Å². The Morgan fingerprint density at radius 2 is 1.92 bits per heavy atom. The number of carbonyl (C=O) groups is 1. The molecule has 2 aliphatic rings. The van der Waals surface area contributed by atoms with Gasteiger partial charge < -0.3 is 19.5 Å². The molecule has 0 bridgehead atoms. The second-order valence-corrected chi connectivity index (χ2v) is 11.0. The molecule has 36 heavy (non-hydrogen) atoms. The Morgan fingerprint density at radius 3 is 2.56 bits per heavy atom. The number of pyridine rings is 1. The monoisotopic (exact) mass is 520 g/mol. The maximum absolute atomic E-state index is 11.7. The van der Waals surface area contributed by atoms with Crippen LogP contribution in [0.25, 0.3) is 0 Å². The standard InChI is InChI=1S/C24H32N4O7S/c1-15-21(34-18-7-8-28(23(29)30)20(10-18)24(2,3)4)26-14-27-22(15)35-19-6-5-17(25-11-19)9-16-12-32-36(31)33-13-16/h5-6,11,14,16,18,20H,7-10,12-13H2,1-4H3,(H,29,30)/t16?,18-,20-,36?/m1/s1. The van der Waals surface area contributed by atoms with E-state index < -0.39 is 17.5 Å². The van der Waals surface area contributed by atoms with Crippen LogP contribution in [-0.4, -0.2) is 67.2 Å². The molecule has 1 amide bonds. The van der Waals surface area contributed by atoms with Crippen LogP contribution in [-0.2, 0) is 26.1 Å². The van der Waals surface area contributed by atoms with Crippen molar-refractivity contribution in [3.05, 3.63) is 35.9 Å². The molecule has 12 heteroatoms. The van der Waals surface area contributed by atoms with Crippen LogP contribution in [0.15, 0.2) is 24.7 Å². The summed E-state index contributed by atoms with van der Waals surface area (Å²) in [7, 11) is 0. The fourth-order valence-corrected chi connectivity index (χ4v) is 5.07. The Morgan fingerprint density at radius 1 is 1.19 bits per heavy atom. The number of amides is 1. The first-order valence-corrected chi connectivity index (χ1v) is 12.9. The highest BCUT2D eigenvalue weighted by Crippen LogP contribution is 2.35. The molecular weight excluding hydrogens is 488 g/mol. The van der Waals surface area contributed by atoms with E-state index in [-0.39, 0.29) is 23.5 Å². The summed E-state index contributed by atoms with van der Waals surface area (Å²) in [4.78, 5) is 26.2. The molecule has 1 N–H and O–H groups in total. The van der Waals surface area contributed by atoms with Crippen molar-refractivity contribution in [1.29, 1.82) is 0 Å².